The SMILES string of the molecule is C=CC(=O)N1CCCC(n2nc(-c3ccc(Oc4cccc(F)c4)cc3)c3cncnc32)C1. The van der Waals surface area contributed by atoms with Crippen LogP contribution in [0.15, 0.2) is 73.7 Å². The molecular formula is C25H22FN5O2. The summed E-state index contributed by atoms with van der Waals surface area (Å²) in [4.78, 5) is 22.6. The van der Waals surface area contributed by atoms with Crippen molar-refractivity contribution in [2.75, 3.05) is 13.1 Å². The predicted octanol–water partition coefficient (Wildman–Crippen LogP) is 4.77. The van der Waals surface area contributed by atoms with Gasteiger partial charge in [0.15, 0.2) is 5.65 Å². The highest BCUT2D eigenvalue weighted by atomic mass is 19.1. The van der Waals surface area contributed by atoms with Crippen LogP contribution in [-0.2, 0) is 4.79 Å². The van der Waals surface area contributed by atoms with Crippen LogP contribution >= 0.6 is 0 Å². The number of piperidine rings is 1. The van der Waals surface area contributed by atoms with E-state index in [1.165, 1.54) is 24.5 Å². The highest BCUT2D eigenvalue weighted by molar-refractivity contribution is 5.90. The van der Waals surface area contributed by atoms with Gasteiger partial charge in [-0.2, -0.15) is 5.10 Å². The van der Waals surface area contributed by atoms with E-state index in [2.05, 4.69) is 16.5 Å². The molecule has 0 saturated carbocycles. The second-order valence-corrected chi connectivity index (χ2v) is 7.92. The molecule has 2 aromatic carbocycles. The summed E-state index contributed by atoms with van der Waals surface area (Å²) in [6.45, 7) is 4.88. The monoisotopic (exact) mass is 443 g/mol. The second kappa shape index (κ2) is 8.82. The average Bonchev–Trinajstić information content (AvgIpc) is 3.24. The fourth-order valence-electron chi connectivity index (χ4n) is 4.18. The molecule has 2 aromatic heterocycles. The van der Waals surface area contributed by atoms with Crippen molar-refractivity contribution in [2.45, 2.75) is 18.9 Å². The number of likely N-dealkylation sites (tertiary alicyclic amines) is 1. The molecule has 0 N–H and O–H groups in total. The predicted molar refractivity (Wildman–Crippen MR) is 122 cm³/mol. The first-order chi connectivity index (χ1) is 16.1. The summed E-state index contributed by atoms with van der Waals surface area (Å²) < 4.78 is 21.1. The Bertz CT molecular complexity index is 1320. The summed E-state index contributed by atoms with van der Waals surface area (Å²) >= 11 is 0. The Morgan fingerprint density at radius 2 is 2.03 bits per heavy atom. The molecule has 7 nitrogen and oxygen atoms in total. The zero-order valence-electron chi connectivity index (χ0n) is 17.9. The van der Waals surface area contributed by atoms with Gasteiger partial charge in [0.05, 0.1) is 11.4 Å². The lowest BCUT2D eigenvalue weighted by Gasteiger charge is -2.32. The molecule has 8 heteroatoms. The third-order valence-corrected chi connectivity index (χ3v) is 5.76. The van der Waals surface area contributed by atoms with Crippen LogP contribution < -0.4 is 4.74 Å². The minimum Gasteiger partial charge on any atom is -0.457 e. The third-order valence-electron chi connectivity index (χ3n) is 5.76. The molecular weight excluding hydrogens is 421 g/mol. The van der Waals surface area contributed by atoms with Gasteiger partial charge in [-0.05, 0) is 55.3 Å². The molecule has 4 aromatic rings. The molecule has 1 saturated heterocycles. The third kappa shape index (κ3) is 4.19. The summed E-state index contributed by atoms with van der Waals surface area (Å²) in [6.07, 6.45) is 6.41. The molecule has 5 rings (SSSR count). The molecule has 0 bridgehead atoms. The lowest BCUT2D eigenvalue weighted by Crippen LogP contribution is -2.40. The van der Waals surface area contributed by atoms with E-state index in [0.29, 0.717) is 18.0 Å². The summed E-state index contributed by atoms with van der Waals surface area (Å²) in [7, 11) is 0. The van der Waals surface area contributed by atoms with Gasteiger partial charge in [0.2, 0.25) is 5.91 Å². The number of carbonyl (C=O) groups excluding carboxylic acids is 1. The molecule has 3 heterocycles. The van der Waals surface area contributed by atoms with Gasteiger partial charge in [0.25, 0.3) is 0 Å². The van der Waals surface area contributed by atoms with E-state index in [-0.39, 0.29) is 17.8 Å². The van der Waals surface area contributed by atoms with Crippen molar-refractivity contribution in [1.29, 1.82) is 0 Å². The first kappa shape index (κ1) is 20.8. The normalized spacial score (nSPS) is 16.0. The van der Waals surface area contributed by atoms with Crippen LogP contribution in [0.4, 0.5) is 4.39 Å². The van der Waals surface area contributed by atoms with Crippen LogP contribution in [0.1, 0.15) is 18.9 Å². The number of hydrogen-bond acceptors (Lipinski definition) is 5. The van der Waals surface area contributed by atoms with Crippen molar-refractivity contribution in [2.24, 2.45) is 0 Å². The first-order valence-electron chi connectivity index (χ1n) is 10.8. The molecule has 1 atom stereocenters. The van der Waals surface area contributed by atoms with Gasteiger partial charge in [-0.3, -0.25) is 4.79 Å². The second-order valence-electron chi connectivity index (χ2n) is 7.92. The minimum absolute atomic E-state index is 0.0179. The Labute approximate surface area is 190 Å². The Hall–Kier alpha value is -4.07. The molecule has 0 spiro atoms. The van der Waals surface area contributed by atoms with E-state index in [0.717, 1.165) is 41.7 Å². The van der Waals surface area contributed by atoms with Gasteiger partial charge < -0.3 is 9.64 Å². The number of ether oxygens (including phenoxy) is 1. The van der Waals surface area contributed by atoms with Gasteiger partial charge in [0, 0.05) is 30.9 Å². The largest absolute Gasteiger partial charge is 0.457 e. The fourth-order valence-corrected chi connectivity index (χ4v) is 4.18. The quantitative estimate of drug-likeness (QED) is 0.415. The Balaban J connectivity index is 1.45. The van der Waals surface area contributed by atoms with E-state index in [1.807, 2.05) is 28.9 Å². The topological polar surface area (TPSA) is 73.1 Å². The maximum absolute atomic E-state index is 13.4. The average molecular weight is 443 g/mol. The van der Waals surface area contributed by atoms with Gasteiger partial charge >= 0.3 is 0 Å². The van der Waals surface area contributed by atoms with Gasteiger partial charge in [-0.15, -0.1) is 0 Å². The standard InChI is InChI=1S/C25H22FN5O2/c1-2-23(32)30-12-4-6-19(15-30)31-25-22(14-27-16-28-25)24(29-31)17-8-10-20(11-9-17)33-21-7-3-5-18(26)13-21/h2-3,5,7-11,13-14,16,19H,1,4,6,12,15H2. The number of aromatic nitrogens is 4. The summed E-state index contributed by atoms with van der Waals surface area (Å²) in [5, 5.41) is 5.72. The summed E-state index contributed by atoms with van der Waals surface area (Å²) in [5.41, 5.74) is 2.38. The minimum atomic E-state index is -0.350. The molecule has 0 aliphatic carbocycles. The van der Waals surface area contributed by atoms with E-state index >= 15 is 0 Å². The van der Waals surface area contributed by atoms with Crippen LogP contribution in [-0.4, -0.2) is 43.6 Å². The number of benzene rings is 2. The number of amides is 1. The van der Waals surface area contributed by atoms with Crippen molar-refractivity contribution in [3.63, 3.8) is 0 Å². The highest BCUT2D eigenvalue weighted by Gasteiger charge is 2.27. The first-order valence-corrected chi connectivity index (χ1v) is 10.8. The van der Waals surface area contributed by atoms with Crippen LogP contribution in [0.25, 0.3) is 22.3 Å². The molecule has 1 aliphatic rings. The number of hydrogen-bond donors (Lipinski definition) is 0. The van der Waals surface area contributed by atoms with Crippen molar-refractivity contribution in [3.05, 3.63) is 79.5 Å². The molecule has 166 valence electrons. The van der Waals surface area contributed by atoms with Gasteiger partial charge in [0.1, 0.15) is 29.3 Å². The van der Waals surface area contributed by atoms with Crippen molar-refractivity contribution in [3.8, 4) is 22.8 Å². The highest BCUT2D eigenvalue weighted by Crippen LogP contribution is 2.32. The lowest BCUT2D eigenvalue weighted by molar-refractivity contribution is -0.127. The van der Waals surface area contributed by atoms with Crippen molar-refractivity contribution >= 4 is 16.9 Å². The van der Waals surface area contributed by atoms with Crippen molar-refractivity contribution in [1.82, 2.24) is 24.6 Å². The van der Waals surface area contributed by atoms with Crippen LogP contribution in [0.5, 0.6) is 11.5 Å². The van der Waals surface area contributed by atoms with E-state index in [9.17, 15) is 9.18 Å². The number of nitrogens with zero attached hydrogens (tertiary/aromatic N) is 5. The summed E-state index contributed by atoms with van der Waals surface area (Å²) in [5.74, 6) is 0.606. The molecule has 1 aliphatic heterocycles. The van der Waals surface area contributed by atoms with Crippen LogP contribution in [0.2, 0.25) is 0 Å². The van der Waals surface area contributed by atoms with Gasteiger partial charge in [-0.25, -0.2) is 19.0 Å². The van der Waals surface area contributed by atoms with Crippen LogP contribution in [0.3, 0.4) is 0 Å². The Morgan fingerprint density at radius 3 is 2.82 bits per heavy atom. The molecule has 1 unspecified atom stereocenters. The summed E-state index contributed by atoms with van der Waals surface area (Å²) in [6, 6.07) is 13.5. The zero-order valence-corrected chi connectivity index (χ0v) is 17.9. The molecule has 1 amide bonds. The van der Waals surface area contributed by atoms with Crippen LogP contribution in [0, 0.1) is 5.82 Å². The molecule has 33 heavy (non-hydrogen) atoms. The Kier molecular flexibility index (Phi) is 5.56. The smallest absolute Gasteiger partial charge is 0.246 e. The van der Waals surface area contributed by atoms with E-state index in [1.54, 1.807) is 23.2 Å². The number of fused-ring (bicyclic) bond motifs is 1. The lowest BCUT2D eigenvalue weighted by atomic mass is 10.1. The Morgan fingerprint density at radius 1 is 1.18 bits per heavy atom. The van der Waals surface area contributed by atoms with Gasteiger partial charge in [-0.1, -0.05) is 12.6 Å². The van der Waals surface area contributed by atoms with E-state index in [4.69, 9.17) is 9.84 Å². The van der Waals surface area contributed by atoms with E-state index < -0.39 is 0 Å². The number of halogens is 1. The maximum Gasteiger partial charge on any atom is 0.246 e. The van der Waals surface area contributed by atoms with Crippen molar-refractivity contribution < 1.29 is 13.9 Å². The zero-order chi connectivity index (χ0) is 22.8. The number of carbonyl (C=O) groups is 1. The number of rotatable bonds is 5. The fraction of sp³-hybridized carbons (Fsp3) is 0.200. The maximum atomic E-state index is 13.4. The molecule has 1 fully saturated rings. The molecule has 0 radical (unpaired) electrons.